The molecule has 24 heavy (non-hydrogen) atoms. The van der Waals surface area contributed by atoms with Crippen LogP contribution in [0.15, 0.2) is 65.6 Å². The highest BCUT2D eigenvalue weighted by atomic mass is 32.2. The molecule has 0 amide bonds. The highest BCUT2D eigenvalue weighted by Crippen LogP contribution is 2.22. The highest BCUT2D eigenvalue weighted by Gasteiger charge is 2.16. The minimum atomic E-state index is -3.85. The number of hydrogen-bond acceptors (Lipinski definition) is 5. The lowest BCUT2D eigenvalue weighted by molar-refractivity contribution is -0.384. The van der Waals surface area contributed by atoms with Crippen molar-refractivity contribution in [2.45, 2.75) is 11.8 Å². The fourth-order valence-electron chi connectivity index (χ4n) is 1.82. The predicted molar refractivity (Wildman–Crippen MR) is 90.7 cm³/mol. The third-order valence-electron chi connectivity index (χ3n) is 2.93. The number of hydrogen-bond donors (Lipinski definition) is 1. The van der Waals surface area contributed by atoms with Gasteiger partial charge in [-0.25, -0.2) is 8.42 Å². The van der Waals surface area contributed by atoms with Crippen LogP contribution in [-0.2, 0) is 10.0 Å². The van der Waals surface area contributed by atoms with Crippen LogP contribution in [0.4, 0.5) is 11.4 Å². The molecular formula is C16H16N2O5S. The fourth-order valence-corrected chi connectivity index (χ4v) is 2.87. The zero-order chi connectivity index (χ0) is 17.7. The Labute approximate surface area is 139 Å². The minimum Gasteiger partial charge on any atom is -0.489 e. The molecule has 126 valence electrons. The van der Waals surface area contributed by atoms with Gasteiger partial charge < -0.3 is 4.74 Å². The number of nitro benzene ring substituents is 1. The van der Waals surface area contributed by atoms with E-state index in [1.54, 1.807) is 24.3 Å². The number of nitrogens with zero attached hydrogens (tertiary/aromatic N) is 1. The Balaban J connectivity index is 2.18. The van der Waals surface area contributed by atoms with Gasteiger partial charge in [0, 0.05) is 18.2 Å². The van der Waals surface area contributed by atoms with Crippen molar-refractivity contribution in [1.82, 2.24) is 0 Å². The zero-order valence-electron chi connectivity index (χ0n) is 12.9. The summed E-state index contributed by atoms with van der Waals surface area (Å²) in [4.78, 5) is 9.96. The summed E-state index contributed by atoms with van der Waals surface area (Å²) in [7, 11) is -3.85. The molecule has 0 saturated heterocycles. The van der Waals surface area contributed by atoms with E-state index in [9.17, 15) is 18.5 Å². The van der Waals surface area contributed by atoms with Crippen molar-refractivity contribution in [2.75, 3.05) is 11.3 Å². The van der Waals surface area contributed by atoms with E-state index in [1.807, 2.05) is 6.92 Å². The molecule has 0 aliphatic heterocycles. The molecule has 0 spiro atoms. The summed E-state index contributed by atoms with van der Waals surface area (Å²) >= 11 is 0. The minimum absolute atomic E-state index is 0.0682. The predicted octanol–water partition coefficient (Wildman–Crippen LogP) is 3.35. The second kappa shape index (κ2) is 7.14. The second-order valence-electron chi connectivity index (χ2n) is 5.13. The van der Waals surface area contributed by atoms with Crippen LogP contribution in [0.3, 0.4) is 0 Å². The Hall–Kier alpha value is -2.87. The molecule has 2 rings (SSSR count). The Morgan fingerprint density at radius 3 is 2.50 bits per heavy atom. The molecular weight excluding hydrogens is 332 g/mol. The first-order valence-electron chi connectivity index (χ1n) is 6.92. The maximum absolute atomic E-state index is 12.3. The molecule has 2 aromatic carbocycles. The molecule has 0 aliphatic carbocycles. The van der Waals surface area contributed by atoms with Crippen molar-refractivity contribution in [1.29, 1.82) is 0 Å². The van der Waals surface area contributed by atoms with E-state index in [1.165, 1.54) is 12.1 Å². The smallest absolute Gasteiger partial charge is 0.269 e. The largest absolute Gasteiger partial charge is 0.489 e. The van der Waals surface area contributed by atoms with Crippen LogP contribution in [0, 0.1) is 10.1 Å². The van der Waals surface area contributed by atoms with Crippen molar-refractivity contribution in [3.63, 3.8) is 0 Å². The van der Waals surface area contributed by atoms with Gasteiger partial charge in [0.25, 0.3) is 15.7 Å². The number of anilines is 1. The quantitative estimate of drug-likeness (QED) is 0.470. The summed E-state index contributed by atoms with van der Waals surface area (Å²) in [6, 6.07) is 11.1. The lowest BCUT2D eigenvalue weighted by Crippen LogP contribution is -2.13. The Morgan fingerprint density at radius 2 is 1.92 bits per heavy atom. The molecule has 0 radical (unpaired) electrons. The second-order valence-corrected chi connectivity index (χ2v) is 6.81. The summed E-state index contributed by atoms with van der Waals surface area (Å²) < 4.78 is 32.5. The van der Waals surface area contributed by atoms with E-state index >= 15 is 0 Å². The van der Waals surface area contributed by atoms with E-state index in [-0.39, 0.29) is 10.6 Å². The fraction of sp³-hybridized carbons (Fsp3) is 0.125. The first-order valence-corrected chi connectivity index (χ1v) is 8.41. The molecule has 0 unspecified atom stereocenters. The Bertz CT molecular complexity index is 860. The van der Waals surface area contributed by atoms with E-state index in [2.05, 4.69) is 11.3 Å². The topological polar surface area (TPSA) is 98.5 Å². The summed E-state index contributed by atoms with van der Waals surface area (Å²) in [6.45, 7) is 5.88. The van der Waals surface area contributed by atoms with Gasteiger partial charge in [0.1, 0.15) is 12.4 Å². The van der Waals surface area contributed by atoms with Crippen LogP contribution in [0.1, 0.15) is 6.92 Å². The van der Waals surface area contributed by atoms with Crippen LogP contribution in [0.2, 0.25) is 0 Å². The van der Waals surface area contributed by atoms with Gasteiger partial charge in [-0.05, 0) is 36.8 Å². The first-order chi connectivity index (χ1) is 11.3. The Morgan fingerprint density at radius 1 is 1.25 bits per heavy atom. The number of sulfonamides is 1. The number of rotatable bonds is 7. The molecule has 0 aliphatic rings. The molecule has 8 heteroatoms. The monoisotopic (exact) mass is 348 g/mol. The average Bonchev–Trinajstić information content (AvgIpc) is 2.53. The number of non-ortho nitro benzene ring substituents is 1. The zero-order valence-corrected chi connectivity index (χ0v) is 13.7. The van der Waals surface area contributed by atoms with Gasteiger partial charge in [-0.15, -0.1) is 0 Å². The van der Waals surface area contributed by atoms with Crippen LogP contribution < -0.4 is 9.46 Å². The van der Waals surface area contributed by atoms with Gasteiger partial charge >= 0.3 is 0 Å². The average molecular weight is 348 g/mol. The van der Waals surface area contributed by atoms with Gasteiger partial charge in [-0.1, -0.05) is 12.6 Å². The van der Waals surface area contributed by atoms with E-state index in [0.717, 1.165) is 17.7 Å². The van der Waals surface area contributed by atoms with Crippen molar-refractivity contribution in [2.24, 2.45) is 0 Å². The van der Waals surface area contributed by atoms with Gasteiger partial charge in [-0.3, -0.25) is 14.8 Å². The highest BCUT2D eigenvalue weighted by molar-refractivity contribution is 7.92. The number of benzene rings is 2. The van der Waals surface area contributed by atoms with Gasteiger partial charge in [-0.2, -0.15) is 0 Å². The molecule has 0 fully saturated rings. The van der Waals surface area contributed by atoms with Crippen LogP contribution in [0.25, 0.3) is 0 Å². The SMILES string of the molecule is C=C(C)COc1cccc(NS(=O)(=O)c2ccc([N+](=O)[O-])cc2)c1. The van der Waals surface area contributed by atoms with Gasteiger partial charge in [0.05, 0.1) is 15.5 Å². The molecule has 0 bridgehead atoms. The van der Waals surface area contributed by atoms with E-state index < -0.39 is 14.9 Å². The van der Waals surface area contributed by atoms with Gasteiger partial charge in [0.2, 0.25) is 0 Å². The molecule has 2 aromatic rings. The number of ether oxygens (including phenoxy) is 1. The maximum atomic E-state index is 12.3. The summed E-state index contributed by atoms with van der Waals surface area (Å²) in [5.41, 5.74) is 0.989. The summed E-state index contributed by atoms with van der Waals surface area (Å²) in [5, 5.41) is 10.6. The summed E-state index contributed by atoms with van der Waals surface area (Å²) in [5.74, 6) is 0.502. The molecule has 0 heterocycles. The maximum Gasteiger partial charge on any atom is 0.269 e. The van der Waals surface area contributed by atoms with Crippen LogP contribution in [0.5, 0.6) is 5.75 Å². The van der Waals surface area contributed by atoms with Crippen LogP contribution in [-0.4, -0.2) is 19.9 Å². The molecule has 0 saturated carbocycles. The normalized spacial score (nSPS) is 10.9. The molecule has 7 nitrogen and oxygen atoms in total. The molecule has 0 aromatic heterocycles. The number of nitro groups is 1. The van der Waals surface area contributed by atoms with E-state index in [0.29, 0.717) is 18.0 Å². The standard InChI is InChI=1S/C16H16N2O5S/c1-12(2)11-23-15-5-3-4-13(10-15)17-24(21,22)16-8-6-14(7-9-16)18(19)20/h3-10,17H,1,11H2,2H3. The molecule has 1 N–H and O–H groups in total. The van der Waals surface area contributed by atoms with Crippen LogP contribution >= 0.6 is 0 Å². The van der Waals surface area contributed by atoms with E-state index in [4.69, 9.17) is 4.74 Å². The van der Waals surface area contributed by atoms with Crippen molar-refractivity contribution in [3.05, 3.63) is 70.8 Å². The van der Waals surface area contributed by atoms with Crippen molar-refractivity contribution < 1.29 is 18.1 Å². The Kier molecular flexibility index (Phi) is 5.20. The number of nitrogens with one attached hydrogen (secondary N) is 1. The first kappa shape index (κ1) is 17.5. The lowest BCUT2D eigenvalue weighted by atomic mass is 10.3. The van der Waals surface area contributed by atoms with Crippen molar-refractivity contribution >= 4 is 21.4 Å². The third kappa shape index (κ3) is 4.56. The third-order valence-corrected chi connectivity index (χ3v) is 4.33. The van der Waals surface area contributed by atoms with Gasteiger partial charge in [0.15, 0.2) is 0 Å². The van der Waals surface area contributed by atoms with Crippen molar-refractivity contribution in [3.8, 4) is 5.75 Å². The summed E-state index contributed by atoms with van der Waals surface area (Å²) in [6.07, 6.45) is 0. The molecule has 0 atom stereocenters. The lowest BCUT2D eigenvalue weighted by Gasteiger charge is -2.10.